The van der Waals surface area contributed by atoms with Crippen LogP contribution in [0.15, 0.2) is 24.3 Å². The first-order chi connectivity index (χ1) is 8.40. The van der Waals surface area contributed by atoms with Crippen LogP contribution in [-0.4, -0.2) is 18.2 Å². The summed E-state index contributed by atoms with van der Waals surface area (Å²) in [6, 6.07) is 7.79. The first-order valence-electron chi connectivity index (χ1n) is 6.35. The van der Waals surface area contributed by atoms with Crippen LogP contribution in [0.3, 0.4) is 0 Å². The van der Waals surface area contributed by atoms with E-state index in [1.54, 1.807) is 0 Å². The molecule has 3 heteroatoms. The predicted molar refractivity (Wildman–Crippen MR) is 69.6 cm³/mol. The van der Waals surface area contributed by atoms with E-state index in [1.165, 1.54) is 0 Å². The van der Waals surface area contributed by atoms with Gasteiger partial charge in [0.25, 0.3) is 0 Å². The van der Waals surface area contributed by atoms with Gasteiger partial charge in [-0.05, 0) is 18.6 Å². The van der Waals surface area contributed by atoms with Crippen molar-refractivity contribution in [3.05, 3.63) is 29.8 Å². The van der Waals surface area contributed by atoms with Crippen LogP contribution in [0.4, 0.5) is 0 Å². The number of esters is 1. The molecule has 0 aromatic heterocycles. The van der Waals surface area contributed by atoms with E-state index in [-0.39, 0.29) is 11.4 Å². The Morgan fingerprint density at radius 1 is 1.39 bits per heavy atom. The fourth-order valence-corrected chi connectivity index (χ4v) is 2.33. The van der Waals surface area contributed by atoms with Crippen LogP contribution >= 0.6 is 0 Å². The molecule has 1 unspecified atom stereocenters. The third kappa shape index (κ3) is 1.88. The van der Waals surface area contributed by atoms with Crippen molar-refractivity contribution in [2.75, 3.05) is 6.61 Å². The Morgan fingerprint density at radius 2 is 2.06 bits per heavy atom. The third-order valence-corrected chi connectivity index (χ3v) is 3.51. The number of hydrogen-bond acceptors (Lipinski definition) is 3. The molecule has 0 saturated heterocycles. The van der Waals surface area contributed by atoms with E-state index in [2.05, 4.69) is 0 Å². The van der Waals surface area contributed by atoms with Crippen molar-refractivity contribution in [2.45, 2.75) is 39.7 Å². The number of rotatable bonds is 2. The molecule has 0 N–H and O–H groups in total. The van der Waals surface area contributed by atoms with Crippen molar-refractivity contribution in [3.8, 4) is 5.75 Å². The van der Waals surface area contributed by atoms with Gasteiger partial charge in [-0.3, -0.25) is 0 Å². The van der Waals surface area contributed by atoms with Crippen molar-refractivity contribution >= 4 is 5.97 Å². The number of carbonyl (C=O) groups is 1. The summed E-state index contributed by atoms with van der Waals surface area (Å²) in [6.45, 7) is 8.22. The molecule has 3 nitrogen and oxygen atoms in total. The van der Waals surface area contributed by atoms with Crippen molar-refractivity contribution in [3.63, 3.8) is 0 Å². The normalized spacial score (nSPS) is 22.2. The van der Waals surface area contributed by atoms with E-state index in [4.69, 9.17) is 9.47 Å². The average molecular weight is 248 g/mol. The van der Waals surface area contributed by atoms with Gasteiger partial charge in [0, 0.05) is 11.8 Å². The highest BCUT2D eigenvalue weighted by atomic mass is 16.6. The number of benzene rings is 1. The molecule has 2 rings (SSSR count). The Bertz CT molecular complexity index is 432. The first kappa shape index (κ1) is 12.9. The SMILES string of the molecule is CCOC(=O)C1(C(C)(C)C)Cc2ccccc2O1. The molecule has 1 aliphatic rings. The molecule has 98 valence electrons. The standard InChI is InChI=1S/C15H20O3/c1-5-17-13(16)15(14(2,3)4)10-11-8-6-7-9-12(11)18-15/h6-9H,5,10H2,1-4H3. The molecule has 1 heterocycles. The summed E-state index contributed by atoms with van der Waals surface area (Å²) in [4.78, 5) is 12.3. The monoisotopic (exact) mass is 248 g/mol. The lowest BCUT2D eigenvalue weighted by Crippen LogP contribution is -2.54. The fourth-order valence-electron chi connectivity index (χ4n) is 2.33. The third-order valence-electron chi connectivity index (χ3n) is 3.51. The van der Waals surface area contributed by atoms with E-state index in [9.17, 15) is 4.79 Å². The molecular formula is C15H20O3. The Morgan fingerprint density at radius 3 is 2.61 bits per heavy atom. The molecular weight excluding hydrogens is 228 g/mol. The molecule has 0 saturated carbocycles. The number of fused-ring (bicyclic) bond motifs is 1. The molecule has 1 aromatic carbocycles. The second-order valence-electron chi connectivity index (χ2n) is 5.68. The zero-order valence-electron chi connectivity index (χ0n) is 11.4. The van der Waals surface area contributed by atoms with Crippen LogP contribution in [-0.2, 0) is 16.0 Å². The van der Waals surface area contributed by atoms with E-state index in [1.807, 2.05) is 52.0 Å². The number of hydrogen-bond donors (Lipinski definition) is 0. The second kappa shape index (κ2) is 4.30. The van der Waals surface area contributed by atoms with E-state index in [0.717, 1.165) is 11.3 Å². The highest BCUT2D eigenvalue weighted by molar-refractivity contribution is 5.83. The van der Waals surface area contributed by atoms with E-state index in [0.29, 0.717) is 13.0 Å². The molecule has 0 amide bonds. The van der Waals surface area contributed by atoms with Crippen molar-refractivity contribution in [1.82, 2.24) is 0 Å². The van der Waals surface area contributed by atoms with E-state index < -0.39 is 5.60 Å². The zero-order chi connectivity index (χ0) is 13.4. The largest absolute Gasteiger partial charge is 0.474 e. The Hall–Kier alpha value is -1.51. The molecule has 1 atom stereocenters. The highest BCUT2D eigenvalue weighted by Crippen LogP contribution is 2.45. The molecule has 0 aliphatic carbocycles. The number of ether oxygens (including phenoxy) is 2. The molecule has 0 bridgehead atoms. The van der Waals surface area contributed by atoms with Gasteiger partial charge in [-0.1, -0.05) is 39.0 Å². The molecule has 0 radical (unpaired) electrons. The lowest BCUT2D eigenvalue weighted by Gasteiger charge is -2.38. The van der Waals surface area contributed by atoms with E-state index >= 15 is 0 Å². The van der Waals surface area contributed by atoms with Crippen LogP contribution in [0, 0.1) is 5.41 Å². The highest BCUT2D eigenvalue weighted by Gasteiger charge is 2.55. The van der Waals surface area contributed by atoms with Crippen molar-refractivity contribution in [2.24, 2.45) is 5.41 Å². The molecule has 0 fully saturated rings. The van der Waals surface area contributed by atoms with Gasteiger partial charge in [-0.15, -0.1) is 0 Å². The van der Waals surface area contributed by atoms with Crippen LogP contribution in [0.1, 0.15) is 33.3 Å². The van der Waals surface area contributed by atoms with Gasteiger partial charge in [0.05, 0.1) is 6.61 Å². The second-order valence-corrected chi connectivity index (χ2v) is 5.68. The summed E-state index contributed by atoms with van der Waals surface area (Å²) in [5.74, 6) is 0.522. The van der Waals surface area contributed by atoms with Crippen molar-refractivity contribution in [1.29, 1.82) is 0 Å². The van der Waals surface area contributed by atoms with Crippen molar-refractivity contribution < 1.29 is 14.3 Å². The Balaban J connectivity index is 2.40. The van der Waals surface area contributed by atoms with Crippen LogP contribution in [0.5, 0.6) is 5.75 Å². The van der Waals surface area contributed by atoms with Gasteiger partial charge in [-0.25, -0.2) is 4.79 Å². The lowest BCUT2D eigenvalue weighted by atomic mass is 9.74. The minimum atomic E-state index is -0.910. The zero-order valence-corrected chi connectivity index (χ0v) is 11.4. The van der Waals surface area contributed by atoms with Gasteiger partial charge in [0.15, 0.2) is 0 Å². The number of para-hydroxylation sites is 1. The van der Waals surface area contributed by atoms with Crippen LogP contribution in [0.25, 0.3) is 0 Å². The average Bonchev–Trinajstić information content (AvgIpc) is 2.69. The maximum atomic E-state index is 12.3. The fraction of sp³-hybridized carbons (Fsp3) is 0.533. The Labute approximate surface area is 108 Å². The molecule has 18 heavy (non-hydrogen) atoms. The van der Waals surface area contributed by atoms with Gasteiger partial charge in [0.2, 0.25) is 5.60 Å². The number of carbonyl (C=O) groups excluding carboxylic acids is 1. The molecule has 1 aliphatic heterocycles. The van der Waals surface area contributed by atoms with Gasteiger partial charge < -0.3 is 9.47 Å². The minimum absolute atomic E-state index is 0.270. The van der Waals surface area contributed by atoms with Gasteiger partial charge in [-0.2, -0.15) is 0 Å². The summed E-state index contributed by atoms with van der Waals surface area (Å²) in [5, 5.41) is 0. The summed E-state index contributed by atoms with van der Waals surface area (Å²) < 4.78 is 11.2. The maximum Gasteiger partial charge on any atom is 0.351 e. The van der Waals surface area contributed by atoms with Crippen LogP contribution in [0.2, 0.25) is 0 Å². The van der Waals surface area contributed by atoms with Gasteiger partial charge in [0.1, 0.15) is 5.75 Å². The topological polar surface area (TPSA) is 35.5 Å². The summed E-state index contributed by atoms with van der Waals surface area (Å²) >= 11 is 0. The summed E-state index contributed by atoms with van der Waals surface area (Å²) in [5.41, 5.74) is -0.161. The van der Waals surface area contributed by atoms with Crippen LogP contribution < -0.4 is 4.74 Å². The quantitative estimate of drug-likeness (QED) is 0.755. The van der Waals surface area contributed by atoms with Gasteiger partial charge >= 0.3 is 5.97 Å². The summed E-state index contributed by atoms with van der Waals surface area (Å²) in [7, 11) is 0. The minimum Gasteiger partial charge on any atom is -0.474 e. The molecule has 1 aromatic rings. The maximum absolute atomic E-state index is 12.3. The lowest BCUT2D eigenvalue weighted by molar-refractivity contribution is -0.170. The molecule has 0 spiro atoms. The smallest absolute Gasteiger partial charge is 0.351 e. The predicted octanol–water partition coefficient (Wildman–Crippen LogP) is 2.97. The summed E-state index contributed by atoms with van der Waals surface area (Å²) in [6.07, 6.45) is 0.575. The first-order valence-corrected chi connectivity index (χ1v) is 6.35. The Kier molecular flexibility index (Phi) is 3.09.